The summed E-state index contributed by atoms with van der Waals surface area (Å²) in [5.41, 5.74) is 8.81. The molecule has 0 aliphatic carbocycles. The van der Waals surface area contributed by atoms with Gasteiger partial charge in [0, 0.05) is 26.2 Å². The number of rotatable bonds is 7. The molecular formula is C21H21ClFN7. The van der Waals surface area contributed by atoms with Crippen LogP contribution in [0.4, 0.5) is 16.2 Å². The van der Waals surface area contributed by atoms with E-state index in [0.717, 1.165) is 16.5 Å². The number of halogens is 2. The van der Waals surface area contributed by atoms with Gasteiger partial charge in [0.25, 0.3) is 0 Å². The molecule has 4 rings (SSSR count). The number of fused-ring (bicyclic) bond motifs is 1. The number of hydrogen-bond acceptors (Lipinski definition) is 6. The van der Waals surface area contributed by atoms with Crippen molar-refractivity contribution in [2.75, 3.05) is 17.2 Å². The molecule has 0 bridgehead atoms. The fraction of sp³-hybridized carbons (Fsp3) is 0.190. The molecule has 0 aliphatic rings. The highest BCUT2D eigenvalue weighted by Crippen LogP contribution is 2.23. The molecule has 0 saturated heterocycles. The molecule has 2 aromatic heterocycles. The number of benzene rings is 2. The Labute approximate surface area is 178 Å². The Bertz CT molecular complexity index is 1160. The van der Waals surface area contributed by atoms with Crippen LogP contribution in [0.2, 0.25) is 5.02 Å². The summed E-state index contributed by atoms with van der Waals surface area (Å²) >= 11 is 5.88. The van der Waals surface area contributed by atoms with Crippen molar-refractivity contribution < 1.29 is 4.39 Å². The van der Waals surface area contributed by atoms with Crippen molar-refractivity contribution in [1.82, 2.24) is 19.7 Å². The highest BCUT2D eigenvalue weighted by atomic mass is 35.5. The number of hydrogen-bond donors (Lipinski definition) is 3. The summed E-state index contributed by atoms with van der Waals surface area (Å²) in [6, 6.07) is 14.2. The van der Waals surface area contributed by atoms with Gasteiger partial charge in [-0.2, -0.15) is 15.1 Å². The molecule has 4 N–H and O–H groups in total. The second-order valence-electron chi connectivity index (χ2n) is 6.90. The highest BCUT2D eigenvalue weighted by Gasteiger charge is 2.13. The summed E-state index contributed by atoms with van der Waals surface area (Å²) < 4.78 is 15.1. The molecule has 4 aromatic rings. The van der Waals surface area contributed by atoms with Crippen molar-refractivity contribution in [3.63, 3.8) is 0 Å². The fourth-order valence-electron chi connectivity index (χ4n) is 3.09. The minimum absolute atomic E-state index is 0.0840. The largest absolute Gasteiger partial charge is 0.365 e. The van der Waals surface area contributed by atoms with E-state index < -0.39 is 5.82 Å². The standard InChI is InChI=1S/C21H21ClFN7/c1-30-20-15(11-27-30)19(25-10-13-7-8-17(23)16(22)9-13)28-21(29-20)26-12-18(24)14-5-3-2-4-6-14/h2-9,11,18H,10,12,24H2,1H3,(H2,25,26,28,29). The molecule has 30 heavy (non-hydrogen) atoms. The molecule has 0 amide bonds. The van der Waals surface area contributed by atoms with Crippen LogP contribution >= 0.6 is 11.6 Å². The summed E-state index contributed by atoms with van der Waals surface area (Å²) in [6.45, 7) is 0.893. The van der Waals surface area contributed by atoms with Gasteiger partial charge in [-0.1, -0.05) is 48.0 Å². The Morgan fingerprint density at radius 2 is 1.93 bits per heavy atom. The van der Waals surface area contributed by atoms with Crippen molar-refractivity contribution in [2.45, 2.75) is 12.6 Å². The molecular weight excluding hydrogens is 405 g/mol. The van der Waals surface area contributed by atoms with Gasteiger partial charge in [0.05, 0.1) is 16.6 Å². The molecule has 1 atom stereocenters. The summed E-state index contributed by atoms with van der Waals surface area (Å²) in [7, 11) is 1.82. The summed E-state index contributed by atoms with van der Waals surface area (Å²) in [5, 5.41) is 11.6. The number of nitrogens with zero attached hydrogens (tertiary/aromatic N) is 4. The predicted octanol–water partition coefficient (Wildman–Crippen LogP) is 3.88. The minimum Gasteiger partial charge on any atom is -0.365 e. The smallest absolute Gasteiger partial charge is 0.226 e. The zero-order valence-corrected chi connectivity index (χ0v) is 17.1. The van der Waals surface area contributed by atoms with E-state index in [2.05, 4.69) is 25.7 Å². The van der Waals surface area contributed by atoms with Crippen LogP contribution in [0.1, 0.15) is 17.2 Å². The number of aryl methyl sites for hydroxylation is 1. The van der Waals surface area contributed by atoms with E-state index in [-0.39, 0.29) is 11.1 Å². The molecule has 1 unspecified atom stereocenters. The SMILES string of the molecule is Cn1ncc2c(NCc3ccc(F)c(Cl)c3)nc(NCC(N)c3ccccc3)nc21. The minimum atomic E-state index is -0.446. The Kier molecular flexibility index (Phi) is 5.78. The van der Waals surface area contributed by atoms with Gasteiger partial charge >= 0.3 is 0 Å². The Hall–Kier alpha value is -3.23. The predicted molar refractivity (Wildman–Crippen MR) is 117 cm³/mol. The van der Waals surface area contributed by atoms with E-state index >= 15 is 0 Å². The second-order valence-corrected chi connectivity index (χ2v) is 7.31. The van der Waals surface area contributed by atoms with Gasteiger partial charge in [0.1, 0.15) is 11.6 Å². The summed E-state index contributed by atoms with van der Waals surface area (Å²) in [4.78, 5) is 9.14. The number of anilines is 2. The third-order valence-electron chi connectivity index (χ3n) is 4.74. The average molecular weight is 426 g/mol. The Morgan fingerprint density at radius 3 is 2.70 bits per heavy atom. The van der Waals surface area contributed by atoms with Crippen LogP contribution in [0.25, 0.3) is 11.0 Å². The van der Waals surface area contributed by atoms with Crippen molar-refractivity contribution in [3.05, 3.63) is 76.7 Å². The summed E-state index contributed by atoms with van der Waals surface area (Å²) in [6.07, 6.45) is 1.70. The van der Waals surface area contributed by atoms with E-state index in [4.69, 9.17) is 17.3 Å². The lowest BCUT2D eigenvalue weighted by Gasteiger charge is -2.14. The number of nitrogens with two attached hydrogens (primary N) is 1. The lowest BCUT2D eigenvalue weighted by Crippen LogP contribution is -2.21. The second kappa shape index (κ2) is 8.64. The molecule has 0 saturated carbocycles. The van der Waals surface area contributed by atoms with Crippen molar-refractivity contribution >= 4 is 34.4 Å². The zero-order chi connectivity index (χ0) is 21.1. The van der Waals surface area contributed by atoms with Crippen molar-refractivity contribution in [3.8, 4) is 0 Å². The topological polar surface area (TPSA) is 93.7 Å². The van der Waals surface area contributed by atoms with Gasteiger partial charge in [-0.25, -0.2) is 4.39 Å². The van der Waals surface area contributed by atoms with Gasteiger partial charge in [0.15, 0.2) is 5.65 Å². The Morgan fingerprint density at radius 1 is 1.13 bits per heavy atom. The number of aromatic nitrogens is 4. The van der Waals surface area contributed by atoms with Gasteiger partial charge in [-0.15, -0.1) is 0 Å². The van der Waals surface area contributed by atoms with E-state index in [1.807, 2.05) is 37.4 Å². The molecule has 2 aromatic carbocycles. The van der Waals surface area contributed by atoms with Crippen LogP contribution in [0.5, 0.6) is 0 Å². The van der Waals surface area contributed by atoms with Crippen molar-refractivity contribution in [1.29, 1.82) is 0 Å². The molecule has 0 spiro atoms. The lowest BCUT2D eigenvalue weighted by atomic mass is 10.1. The van der Waals surface area contributed by atoms with Crippen LogP contribution < -0.4 is 16.4 Å². The Balaban J connectivity index is 1.54. The molecule has 2 heterocycles. The molecule has 7 nitrogen and oxygen atoms in total. The summed E-state index contributed by atoms with van der Waals surface area (Å²) in [5.74, 6) is 0.611. The van der Waals surface area contributed by atoms with Gasteiger partial charge < -0.3 is 16.4 Å². The van der Waals surface area contributed by atoms with Crippen molar-refractivity contribution in [2.24, 2.45) is 12.8 Å². The van der Waals surface area contributed by atoms with Gasteiger partial charge in [0.2, 0.25) is 5.95 Å². The maximum Gasteiger partial charge on any atom is 0.226 e. The average Bonchev–Trinajstić information content (AvgIpc) is 3.14. The van der Waals surface area contributed by atoms with Gasteiger partial charge in [-0.3, -0.25) is 4.68 Å². The normalized spacial score (nSPS) is 12.1. The first-order valence-corrected chi connectivity index (χ1v) is 9.81. The van der Waals surface area contributed by atoms with E-state index in [1.54, 1.807) is 23.0 Å². The van der Waals surface area contributed by atoms with Crippen LogP contribution in [-0.4, -0.2) is 26.3 Å². The van der Waals surface area contributed by atoms with E-state index in [9.17, 15) is 4.39 Å². The quantitative estimate of drug-likeness (QED) is 0.416. The lowest BCUT2D eigenvalue weighted by molar-refractivity contribution is 0.627. The van der Waals surface area contributed by atoms with E-state index in [0.29, 0.717) is 30.5 Å². The van der Waals surface area contributed by atoms with Crippen LogP contribution in [0, 0.1) is 5.82 Å². The number of nitrogens with one attached hydrogen (secondary N) is 2. The maximum atomic E-state index is 13.4. The molecule has 154 valence electrons. The highest BCUT2D eigenvalue weighted by molar-refractivity contribution is 6.30. The molecule has 9 heteroatoms. The molecule has 0 radical (unpaired) electrons. The van der Waals surface area contributed by atoms with E-state index in [1.165, 1.54) is 6.07 Å². The zero-order valence-electron chi connectivity index (χ0n) is 16.3. The fourth-order valence-corrected chi connectivity index (χ4v) is 3.29. The third kappa shape index (κ3) is 4.34. The molecule has 0 aliphatic heterocycles. The molecule has 0 fully saturated rings. The monoisotopic (exact) mass is 425 g/mol. The third-order valence-corrected chi connectivity index (χ3v) is 5.03. The first kappa shape index (κ1) is 20.1. The first-order chi connectivity index (χ1) is 14.5. The maximum absolute atomic E-state index is 13.4. The van der Waals surface area contributed by atoms with Crippen LogP contribution in [0.3, 0.4) is 0 Å². The van der Waals surface area contributed by atoms with Crippen LogP contribution in [-0.2, 0) is 13.6 Å². The van der Waals surface area contributed by atoms with Crippen LogP contribution in [0.15, 0.2) is 54.7 Å². The first-order valence-electron chi connectivity index (χ1n) is 9.43. The van der Waals surface area contributed by atoms with Gasteiger partial charge in [-0.05, 0) is 23.3 Å².